The zero-order chi connectivity index (χ0) is 24.1. The molecule has 0 aromatic heterocycles. The van der Waals surface area contributed by atoms with Crippen molar-refractivity contribution >= 4 is 11.9 Å². The second-order valence-corrected chi connectivity index (χ2v) is 8.87. The topological polar surface area (TPSA) is 74.3 Å². The molecule has 0 N–H and O–H groups in total. The van der Waals surface area contributed by atoms with E-state index in [-0.39, 0.29) is 17.9 Å². The monoisotopic (exact) mass is 467 g/mol. The lowest BCUT2D eigenvalue weighted by molar-refractivity contribution is -0.140. The van der Waals surface area contributed by atoms with Gasteiger partial charge in [0.15, 0.2) is 11.5 Å². The summed E-state index contributed by atoms with van der Waals surface area (Å²) in [6, 6.07) is 10.6. The van der Waals surface area contributed by atoms with E-state index in [1.165, 1.54) is 13.5 Å². The van der Waals surface area contributed by atoms with Crippen LogP contribution in [0.15, 0.2) is 36.4 Å². The number of esters is 1. The minimum Gasteiger partial charge on any atom is -0.493 e. The molecule has 34 heavy (non-hydrogen) atoms. The maximum atomic E-state index is 13.6. The van der Waals surface area contributed by atoms with Gasteiger partial charge in [-0.05, 0) is 66.8 Å². The number of nitrogens with zero attached hydrogens (tertiary/aromatic N) is 1. The lowest BCUT2D eigenvalue weighted by Gasteiger charge is -2.40. The van der Waals surface area contributed by atoms with Gasteiger partial charge in [-0.15, -0.1) is 0 Å². The summed E-state index contributed by atoms with van der Waals surface area (Å²) in [7, 11) is 4.60. The summed E-state index contributed by atoms with van der Waals surface area (Å²) in [5.41, 5.74) is 2.63. The third-order valence-corrected chi connectivity index (χ3v) is 6.92. The summed E-state index contributed by atoms with van der Waals surface area (Å²) in [5, 5.41) is 0. The average molecular weight is 468 g/mol. The van der Waals surface area contributed by atoms with Crippen LogP contribution in [0.3, 0.4) is 0 Å². The number of hydrogen-bond donors (Lipinski definition) is 0. The first-order valence-electron chi connectivity index (χ1n) is 11.9. The first-order chi connectivity index (χ1) is 16.5. The fourth-order valence-corrected chi connectivity index (χ4v) is 5.04. The molecule has 4 rings (SSSR count). The summed E-state index contributed by atoms with van der Waals surface area (Å²) in [6.45, 7) is 0.950. The Kier molecular flexibility index (Phi) is 7.60. The van der Waals surface area contributed by atoms with Crippen molar-refractivity contribution in [1.82, 2.24) is 4.90 Å². The molecule has 2 aromatic rings. The Labute approximate surface area is 200 Å². The Hall–Kier alpha value is -3.22. The number of rotatable bonds is 7. The Morgan fingerprint density at radius 1 is 0.941 bits per heavy atom. The van der Waals surface area contributed by atoms with Crippen LogP contribution in [0, 0.1) is 5.92 Å². The van der Waals surface area contributed by atoms with Crippen LogP contribution < -0.4 is 14.2 Å². The van der Waals surface area contributed by atoms with Crippen LogP contribution in [-0.4, -0.2) is 51.3 Å². The van der Waals surface area contributed by atoms with E-state index in [9.17, 15) is 9.59 Å². The summed E-state index contributed by atoms with van der Waals surface area (Å²) < 4.78 is 22.0. The van der Waals surface area contributed by atoms with E-state index >= 15 is 0 Å². The smallest absolute Gasteiger partial charge is 0.337 e. The molecular formula is C27H33NO6. The van der Waals surface area contributed by atoms with Crippen molar-refractivity contribution in [2.24, 2.45) is 5.92 Å². The van der Waals surface area contributed by atoms with Crippen molar-refractivity contribution in [3.8, 4) is 17.2 Å². The number of benzene rings is 2. The zero-order valence-electron chi connectivity index (χ0n) is 20.2. The van der Waals surface area contributed by atoms with E-state index in [0.29, 0.717) is 36.0 Å². The van der Waals surface area contributed by atoms with E-state index in [1.807, 2.05) is 17.0 Å². The SMILES string of the molecule is COC(=O)c1ccc(OC[C@@H]2c3cc(OC)c(OC)cc3CCN2C(=O)C2CCCCC2)cc1. The fraction of sp³-hybridized carbons (Fsp3) is 0.481. The van der Waals surface area contributed by atoms with Crippen molar-refractivity contribution < 1.29 is 28.5 Å². The van der Waals surface area contributed by atoms with E-state index in [4.69, 9.17) is 18.9 Å². The van der Waals surface area contributed by atoms with Gasteiger partial charge in [-0.1, -0.05) is 19.3 Å². The first-order valence-corrected chi connectivity index (χ1v) is 11.9. The molecule has 1 saturated carbocycles. The molecule has 7 nitrogen and oxygen atoms in total. The van der Waals surface area contributed by atoms with Crippen molar-refractivity contribution in [2.75, 3.05) is 34.5 Å². The standard InChI is InChI=1S/C27H33NO6/c1-31-24-15-20-13-14-28(26(29)18-7-5-4-6-8-18)23(22(20)16-25(24)32-2)17-34-21-11-9-19(10-12-21)27(30)33-3/h9-12,15-16,18,23H,4-8,13-14,17H2,1-3H3/t23-/m1/s1. The fourth-order valence-electron chi connectivity index (χ4n) is 5.04. The molecule has 0 bridgehead atoms. The highest BCUT2D eigenvalue weighted by molar-refractivity contribution is 5.89. The molecule has 0 spiro atoms. The van der Waals surface area contributed by atoms with Crippen molar-refractivity contribution in [1.29, 1.82) is 0 Å². The molecule has 2 aliphatic rings. The predicted octanol–water partition coefficient (Wildman–Crippen LogP) is 4.58. The molecule has 1 aliphatic heterocycles. The number of fused-ring (bicyclic) bond motifs is 1. The van der Waals surface area contributed by atoms with Gasteiger partial charge >= 0.3 is 5.97 Å². The minimum atomic E-state index is -0.391. The Morgan fingerprint density at radius 3 is 2.26 bits per heavy atom. The number of carbonyl (C=O) groups excluding carboxylic acids is 2. The van der Waals surface area contributed by atoms with E-state index < -0.39 is 5.97 Å². The lowest BCUT2D eigenvalue weighted by Crippen LogP contribution is -2.45. The molecule has 7 heteroatoms. The number of carbonyl (C=O) groups is 2. The number of hydrogen-bond acceptors (Lipinski definition) is 6. The minimum absolute atomic E-state index is 0.0808. The van der Waals surface area contributed by atoms with Crippen LogP contribution in [0.4, 0.5) is 0 Å². The third-order valence-electron chi connectivity index (χ3n) is 6.92. The Balaban J connectivity index is 1.61. The first kappa shape index (κ1) is 23.9. The van der Waals surface area contributed by atoms with Gasteiger partial charge in [0.25, 0.3) is 0 Å². The Bertz CT molecular complexity index is 1010. The molecular weight excluding hydrogens is 434 g/mol. The van der Waals surface area contributed by atoms with Crippen LogP contribution in [0.1, 0.15) is 59.6 Å². The van der Waals surface area contributed by atoms with E-state index in [0.717, 1.165) is 43.2 Å². The largest absolute Gasteiger partial charge is 0.493 e. The van der Waals surface area contributed by atoms with Crippen LogP contribution >= 0.6 is 0 Å². The normalized spacial score (nSPS) is 18.1. The lowest BCUT2D eigenvalue weighted by atomic mass is 9.86. The second-order valence-electron chi connectivity index (χ2n) is 8.87. The molecule has 1 fully saturated rings. The van der Waals surface area contributed by atoms with Gasteiger partial charge in [-0.2, -0.15) is 0 Å². The van der Waals surface area contributed by atoms with Crippen molar-refractivity contribution in [3.05, 3.63) is 53.1 Å². The zero-order valence-corrected chi connectivity index (χ0v) is 20.2. The van der Waals surface area contributed by atoms with Gasteiger partial charge in [0.05, 0.1) is 32.9 Å². The number of methoxy groups -OCH3 is 3. The molecule has 1 aliphatic carbocycles. The van der Waals surface area contributed by atoms with Gasteiger partial charge in [0.1, 0.15) is 12.4 Å². The highest BCUT2D eigenvalue weighted by Gasteiger charge is 2.36. The summed E-state index contributed by atoms with van der Waals surface area (Å²) in [6.07, 6.45) is 6.10. The van der Waals surface area contributed by atoms with Crippen LogP contribution in [0.5, 0.6) is 17.2 Å². The highest BCUT2D eigenvalue weighted by Crippen LogP contribution is 2.40. The van der Waals surface area contributed by atoms with Gasteiger partial charge in [-0.25, -0.2) is 4.79 Å². The van der Waals surface area contributed by atoms with Crippen LogP contribution in [0.2, 0.25) is 0 Å². The molecule has 0 radical (unpaired) electrons. The summed E-state index contributed by atoms with van der Waals surface area (Å²) >= 11 is 0. The summed E-state index contributed by atoms with van der Waals surface area (Å²) in [4.78, 5) is 27.3. The van der Waals surface area contributed by atoms with E-state index in [1.54, 1.807) is 38.5 Å². The molecule has 1 heterocycles. The molecule has 2 aromatic carbocycles. The van der Waals surface area contributed by atoms with Gasteiger partial charge in [0, 0.05) is 12.5 Å². The van der Waals surface area contributed by atoms with Gasteiger partial charge in [0.2, 0.25) is 5.91 Å². The molecule has 1 atom stereocenters. The van der Waals surface area contributed by atoms with Gasteiger partial charge in [-0.3, -0.25) is 4.79 Å². The number of amides is 1. The molecule has 0 saturated heterocycles. The van der Waals surface area contributed by atoms with Crippen LogP contribution in [-0.2, 0) is 16.0 Å². The average Bonchev–Trinajstić information content (AvgIpc) is 2.90. The van der Waals surface area contributed by atoms with Crippen molar-refractivity contribution in [3.63, 3.8) is 0 Å². The summed E-state index contributed by atoms with van der Waals surface area (Å²) in [5.74, 6) is 1.86. The maximum Gasteiger partial charge on any atom is 0.337 e. The van der Waals surface area contributed by atoms with E-state index in [2.05, 4.69) is 0 Å². The quantitative estimate of drug-likeness (QED) is 0.555. The highest BCUT2D eigenvalue weighted by atomic mass is 16.5. The molecule has 0 unspecified atom stereocenters. The predicted molar refractivity (Wildman–Crippen MR) is 128 cm³/mol. The number of ether oxygens (including phenoxy) is 4. The molecule has 182 valence electrons. The Morgan fingerprint density at radius 2 is 1.62 bits per heavy atom. The molecule has 1 amide bonds. The van der Waals surface area contributed by atoms with Crippen molar-refractivity contribution in [2.45, 2.75) is 44.6 Å². The van der Waals surface area contributed by atoms with Crippen LogP contribution in [0.25, 0.3) is 0 Å². The third kappa shape index (κ3) is 4.98. The van der Waals surface area contributed by atoms with Gasteiger partial charge < -0.3 is 23.8 Å². The maximum absolute atomic E-state index is 13.6. The second kappa shape index (κ2) is 10.8.